The van der Waals surface area contributed by atoms with Crippen molar-refractivity contribution in [1.82, 2.24) is 0 Å². The van der Waals surface area contributed by atoms with Crippen molar-refractivity contribution in [3.8, 4) is 0 Å². The molecule has 0 unspecified atom stereocenters. The molecule has 0 heterocycles. The highest BCUT2D eigenvalue weighted by Crippen LogP contribution is 2.24. The van der Waals surface area contributed by atoms with Gasteiger partial charge in [0.1, 0.15) is 6.10 Å². The van der Waals surface area contributed by atoms with Gasteiger partial charge in [0.05, 0.1) is 6.10 Å². The van der Waals surface area contributed by atoms with E-state index in [0.29, 0.717) is 16.9 Å². The van der Waals surface area contributed by atoms with Crippen LogP contribution in [0.1, 0.15) is 18.6 Å². The number of benzene rings is 1. The first-order valence-electron chi connectivity index (χ1n) is 4.03. The predicted molar refractivity (Wildman–Crippen MR) is 51.9 cm³/mol. The standard InChI is InChI=1S/C9H14N2O2/c1-5(12)9(13)7-3-2-6(10)4-8(7)11/h2-5,9,12-13H,10-11H2,1H3/t5-,9+/m0/s1. The van der Waals surface area contributed by atoms with Gasteiger partial charge in [0.2, 0.25) is 0 Å². The Morgan fingerprint density at radius 2 is 1.85 bits per heavy atom. The van der Waals surface area contributed by atoms with Crippen LogP contribution in [0.3, 0.4) is 0 Å². The van der Waals surface area contributed by atoms with Crippen molar-refractivity contribution < 1.29 is 10.2 Å². The van der Waals surface area contributed by atoms with Crippen molar-refractivity contribution in [2.75, 3.05) is 11.5 Å². The van der Waals surface area contributed by atoms with Crippen molar-refractivity contribution in [3.63, 3.8) is 0 Å². The second kappa shape index (κ2) is 3.64. The molecule has 2 atom stereocenters. The average molecular weight is 182 g/mol. The Labute approximate surface area is 76.8 Å². The molecule has 1 aromatic rings. The van der Waals surface area contributed by atoms with Crippen LogP contribution in [-0.2, 0) is 0 Å². The molecular weight excluding hydrogens is 168 g/mol. The maximum Gasteiger partial charge on any atom is 0.107 e. The topological polar surface area (TPSA) is 92.5 Å². The lowest BCUT2D eigenvalue weighted by Gasteiger charge is -2.16. The molecule has 0 bridgehead atoms. The second-order valence-corrected chi connectivity index (χ2v) is 3.07. The SMILES string of the molecule is C[C@H](O)[C@@H](O)c1ccc(N)cc1N. The minimum absolute atomic E-state index is 0.397. The quantitative estimate of drug-likeness (QED) is 0.494. The second-order valence-electron chi connectivity index (χ2n) is 3.07. The van der Waals surface area contributed by atoms with Crippen LogP contribution in [-0.4, -0.2) is 16.3 Å². The summed E-state index contributed by atoms with van der Waals surface area (Å²) < 4.78 is 0. The first kappa shape index (κ1) is 9.83. The Morgan fingerprint density at radius 3 is 2.31 bits per heavy atom. The first-order chi connectivity index (χ1) is 6.02. The van der Waals surface area contributed by atoms with Crippen LogP contribution in [0.4, 0.5) is 11.4 Å². The van der Waals surface area contributed by atoms with Crippen LogP contribution in [0.2, 0.25) is 0 Å². The highest BCUT2D eigenvalue weighted by atomic mass is 16.3. The van der Waals surface area contributed by atoms with E-state index in [-0.39, 0.29) is 0 Å². The van der Waals surface area contributed by atoms with Crippen LogP contribution in [0.15, 0.2) is 18.2 Å². The Morgan fingerprint density at radius 1 is 1.23 bits per heavy atom. The normalized spacial score (nSPS) is 15.3. The highest BCUT2D eigenvalue weighted by Gasteiger charge is 2.15. The van der Waals surface area contributed by atoms with Crippen LogP contribution in [0.5, 0.6) is 0 Å². The molecule has 0 aromatic heterocycles. The van der Waals surface area contributed by atoms with Gasteiger partial charge in [-0.05, 0) is 19.1 Å². The summed E-state index contributed by atoms with van der Waals surface area (Å²) in [7, 11) is 0. The van der Waals surface area contributed by atoms with E-state index in [2.05, 4.69) is 0 Å². The van der Waals surface area contributed by atoms with Gasteiger partial charge < -0.3 is 21.7 Å². The average Bonchev–Trinajstić information content (AvgIpc) is 2.03. The van der Waals surface area contributed by atoms with Gasteiger partial charge in [-0.2, -0.15) is 0 Å². The summed E-state index contributed by atoms with van der Waals surface area (Å²) in [4.78, 5) is 0. The number of nitrogens with two attached hydrogens (primary N) is 2. The van der Waals surface area contributed by atoms with Crippen molar-refractivity contribution in [2.24, 2.45) is 0 Å². The number of aliphatic hydroxyl groups excluding tert-OH is 2. The third-order valence-corrected chi connectivity index (χ3v) is 1.89. The maximum atomic E-state index is 9.50. The molecule has 0 saturated carbocycles. The molecule has 72 valence electrons. The lowest BCUT2D eigenvalue weighted by Crippen LogP contribution is -2.15. The molecule has 0 amide bonds. The van der Waals surface area contributed by atoms with Gasteiger partial charge in [-0.15, -0.1) is 0 Å². The number of hydrogen-bond donors (Lipinski definition) is 4. The molecule has 13 heavy (non-hydrogen) atoms. The Kier molecular flexibility index (Phi) is 2.75. The van der Waals surface area contributed by atoms with E-state index in [1.807, 2.05) is 0 Å². The number of nitrogen functional groups attached to an aromatic ring is 2. The fourth-order valence-electron chi connectivity index (χ4n) is 1.12. The molecule has 0 aliphatic rings. The first-order valence-corrected chi connectivity index (χ1v) is 4.03. The third-order valence-electron chi connectivity index (χ3n) is 1.89. The molecule has 6 N–H and O–H groups in total. The molecule has 0 radical (unpaired) electrons. The monoisotopic (exact) mass is 182 g/mol. The van der Waals surface area contributed by atoms with Crippen molar-refractivity contribution in [1.29, 1.82) is 0 Å². The van der Waals surface area contributed by atoms with Crippen LogP contribution in [0.25, 0.3) is 0 Å². The summed E-state index contributed by atoms with van der Waals surface area (Å²) in [6, 6.07) is 4.81. The van der Waals surface area contributed by atoms with E-state index in [9.17, 15) is 5.11 Å². The zero-order chi connectivity index (χ0) is 10.0. The number of anilines is 2. The smallest absolute Gasteiger partial charge is 0.107 e. The summed E-state index contributed by atoms with van der Waals surface area (Å²) >= 11 is 0. The maximum absolute atomic E-state index is 9.50. The minimum atomic E-state index is -0.958. The molecule has 1 rings (SSSR count). The van der Waals surface area contributed by atoms with E-state index in [1.165, 1.54) is 6.92 Å². The lowest BCUT2D eigenvalue weighted by molar-refractivity contribution is 0.0310. The van der Waals surface area contributed by atoms with E-state index >= 15 is 0 Å². The molecule has 1 aromatic carbocycles. The summed E-state index contributed by atoms with van der Waals surface area (Å²) in [5.41, 5.74) is 12.5. The molecule has 0 aliphatic heterocycles. The number of rotatable bonds is 2. The van der Waals surface area contributed by atoms with Crippen molar-refractivity contribution in [3.05, 3.63) is 23.8 Å². The van der Waals surface area contributed by atoms with Gasteiger partial charge in [-0.3, -0.25) is 0 Å². The zero-order valence-electron chi connectivity index (χ0n) is 7.44. The van der Waals surface area contributed by atoms with E-state index < -0.39 is 12.2 Å². The van der Waals surface area contributed by atoms with Gasteiger partial charge in [0.25, 0.3) is 0 Å². The van der Waals surface area contributed by atoms with Gasteiger partial charge >= 0.3 is 0 Å². The van der Waals surface area contributed by atoms with Gasteiger partial charge in [0, 0.05) is 16.9 Å². The number of hydrogen-bond acceptors (Lipinski definition) is 4. The zero-order valence-corrected chi connectivity index (χ0v) is 7.44. The predicted octanol–water partition coefficient (Wildman–Crippen LogP) is 0.265. The molecule has 0 saturated heterocycles. The Balaban J connectivity index is 3.01. The molecular formula is C9H14N2O2. The molecule has 0 aliphatic carbocycles. The lowest BCUT2D eigenvalue weighted by atomic mass is 10.0. The van der Waals surface area contributed by atoms with Crippen molar-refractivity contribution >= 4 is 11.4 Å². The Bertz CT molecular complexity index is 300. The third kappa shape index (κ3) is 2.11. The minimum Gasteiger partial charge on any atom is -0.399 e. The van der Waals surface area contributed by atoms with Crippen LogP contribution in [0, 0.1) is 0 Å². The van der Waals surface area contributed by atoms with Crippen molar-refractivity contribution in [2.45, 2.75) is 19.1 Å². The largest absolute Gasteiger partial charge is 0.399 e. The van der Waals surface area contributed by atoms with E-state index in [0.717, 1.165) is 0 Å². The molecule has 0 spiro atoms. The van der Waals surface area contributed by atoms with Gasteiger partial charge in [-0.25, -0.2) is 0 Å². The molecule has 0 fully saturated rings. The van der Waals surface area contributed by atoms with Crippen LogP contribution >= 0.6 is 0 Å². The fourth-order valence-corrected chi connectivity index (χ4v) is 1.12. The van der Waals surface area contributed by atoms with Crippen LogP contribution < -0.4 is 11.5 Å². The summed E-state index contributed by atoms with van der Waals surface area (Å²) in [5, 5.41) is 18.6. The summed E-state index contributed by atoms with van der Waals surface area (Å²) in [6.07, 6.45) is -1.80. The van der Waals surface area contributed by atoms with E-state index in [4.69, 9.17) is 16.6 Å². The number of aliphatic hydroxyl groups is 2. The summed E-state index contributed by atoms with van der Waals surface area (Å²) in [6.45, 7) is 1.50. The highest BCUT2D eigenvalue weighted by molar-refractivity contribution is 5.57. The van der Waals surface area contributed by atoms with Gasteiger partial charge in [-0.1, -0.05) is 6.07 Å². The van der Waals surface area contributed by atoms with Gasteiger partial charge in [0.15, 0.2) is 0 Å². The fraction of sp³-hybridized carbons (Fsp3) is 0.333. The summed E-state index contributed by atoms with van der Waals surface area (Å²) in [5.74, 6) is 0. The Hall–Kier alpha value is -1.26. The van der Waals surface area contributed by atoms with E-state index in [1.54, 1.807) is 18.2 Å². The molecule has 4 nitrogen and oxygen atoms in total. The molecule has 4 heteroatoms.